The van der Waals surface area contributed by atoms with Crippen molar-refractivity contribution in [1.29, 1.82) is 0 Å². The van der Waals surface area contributed by atoms with Crippen molar-refractivity contribution in [3.63, 3.8) is 0 Å². The van der Waals surface area contributed by atoms with E-state index in [1.807, 2.05) is 19.1 Å². The minimum absolute atomic E-state index is 0.216. The van der Waals surface area contributed by atoms with Gasteiger partial charge in [0.15, 0.2) is 0 Å². The van der Waals surface area contributed by atoms with E-state index in [2.05, 4.69) is 31.0 Å². The number of piperazine rings is 1. The van der Waals surface area contributed by atoms with Gasteiger partial charge in [-0.15, -0.1) is 0 Å². The standard InChI is InChI=1S/C21H26N4O3S2/c1-3-20(23-30(26,27)17-8-6-7-16(15-17)28-2)24-11-13-25(14-12-24)21-18-9-4-5-10-19(18)29-22-21/h4-10,15,20,23H,3,11-14H2,1-2H3. The summed E-state index contributed by atoms with van der Waals surface area (Å²) < 4.78 is 39.7. The monoisotopic (exact) mass is 446 g/mol. The molecule has 1 aliphatic rings. The van der Waals surface area contributed by atoms with Crippen LogP contribution in [0.2, 0.25) is 0 Å². The SMILES string of the molecule is CCC(NS(=O)(=O)c1cccc(OC)c1)N1CCN(c2nsc3ccccc23)CC1. The predicted octanol–water partition coefficient (Wildman–Crippen LogP) is 3.14. The van der Waals surface area contributed by atoms with E-state index in [9.17, 15) is 8.42 Å². The van der Waals surface area contributed by atoms with Gasteiger partial charge in [0.2, 0.25) is 10.0 Å². The molecule has 0 radical (unpaired) electrons. The molecule has 1 aliphatic heterocycles. The molecule has 0 bridgehead atoms. The molecule has 1 atom stereocenters. The van der Waals surface area contributed by atoms with E-state index in [0.717, 1.165) is 32.0 Å². The summed E-state index contributed by atoms with van der Waals surface area (Å²) in [6.07, 6.45) is 0.429. The highest BCUT2D eigenvalue weighted by molar-refractivity contribution is 7.89. The number of hydrogen-bond acceptors (Lipinski definition) is 7. The summed E-state index contributed by atoms with van der Waals surface area (Å²) >= 11 is 1.52. The summed E-state index contributed by atoms with van der Waals surface area (Å²) in [4.78, 5) is 4.70. The molecular weight excluding hydrogens is 420 g/mol. The first-order valence-electron chi connectivity index (χ1n) is 10.0. The van der Waals surface area contributed by atoms with Crippen LogP contribution < -0.4 is 14.4 Å². The number of nitrogens with one attached hydrogen (secondary N) is 1. The Kier molecular flexibility index (Phi) is 6.24. The number of benzene rings is 2. The Morgan fingerprint density at radius 2 is 1.90 bits per heavy atom. The molecule has 30 heavy (non-hydrogen) atoms. The van der Waals surface area contributed by atoms with E-state index in [4.69, 9.17) is 4.74 Å². The summed E-state index contributed by atoms with van der Waals surface area (Å²) in [6, 6.07) is 14.8. The highest BCUT2D eigenvalue weighted by atomic mass is 32.2. The highest BCUT2D eigenvalue weighted by Gasteiger charge is 2.28. The van der Waals surface area contributed by atoms with E-state index < -0.39 is 10.0 Å². The van der Waals surface area contributed by atoms with Crippen molar-refractivity contribution in [3.05, 3.63) is 48.5 Å². The number of aromatic nitrogens is 1. The molecule has 4 rings (SSSR count). The van der Waals surface area contributed by atoms with Crippen LogP contribution in [0.25, 0.3) is 10.1 Å². The van der Waals surface area contributed by atoms with Crippen molar-refractivity contribution in [2.45, 2.75) is 24.4 Å². The topological polar surface area (TPSA) is 74.8 Å². The number of anilines is 1. The first-order valence-corrected chi connectivity index (χ1v) is 12.3. The van der Waals surface area contributed by atoms with Gasteiger partial charge in [-0.1, -0.05) is 25.1 Å². The van der Waals surface area contributed by atoms with Gasteiger partial charge in [-0.2, -0.15) is 9.10 Å². The predicted molar refractivity (Wildman–Crippen MR) is 121 cm³/mol. The zero-order valence-corrected chi connectivity index (χ0v) is 18.7. The Morgan fingerprint density at radius 1 is 1.13 bits per heavy atom. The molecule has 0 spiro atoms. The zero-order valence-electron chi connectivity index (χ0n) is 17.1. The van der Waals surface area contributed by atoms with Crippen LogP contribution in [-0.4, -0.2) is 57.1 Å². The zero-order chi connectivity index (χ0) is 21.1. The Morgan fingerprint density at radius 3 is 2.63 bits per heavy atom. The molecule has 2 aromatic carbocycles. The van der Waals surface area contributed by atoms with Gasteiger partial charge in [-0.25, -0.2) is 8.42 Å². The van der Waals surface area contributed by atoms with E-state index in [1.165, 1.54) is 28.7 Å². The third-order valence-electron chi connectivity index (χ3n) is 5.44. The van der Waals surface area contributed by atoms with Gasteiger partial charge in [0, 0.05) is 37.6 Å². The van der Waals surface area contributed by atoms with Gasteiger partial charge in [-0.3, -0.25) is 4.90 Å². The molecule has 0 saturated carbocycles. The Balaban J connectivity index is 1.43. The van der Waals surface area contributed by atoms with Crippen LogP contribution in [0.3, 0.4) is 0 Å². The third kappa shape index (κ3) is 4.29. The third-order valence-corrected chi connectivity index (χ3v) is 7.72. The normalized spacial score (nSPS) is 16.7. The van der Waals surface area contributed by atoms with Gasteiger partial charge >= 0.3 is 0 Å². The largest absolute Gasteiger partial charge is 0.497 e. The van der Waals surface area contributed by atoms with Crippen LogP contribution in [0, 0.1) is 0 Å². The lowest BCUT2D eigenvalue weighted by atomic mass is 10.2. The van der Waals surface area contributed by atoms with Crippen molar-refractivity contribution >= 4 is 37.5 Å². The number of nitrogens with zero attached hydrogens (tertiary/aromatic N) is 3. The summed E-state index contributed by atoms with van der Waals surface area (Å²) in [5.74, 6) is 1.55. The summed E-state index contributed by atoms with van der Waals surface area (Å²) in [7, 11) is -2.11. The van der Waals surface area contributed by atoms with Crippen LogP contribution in [0.1, 0.15) is 13.3 Å². The van der Waals surface area contributed by atoms with Crippen LogP contribution in [0.5, 0.6) is 5.75 Å². The molecule has 1 saturated heterocycles. The molecule has 1 fully saturated rings. The summed E-state index contributed by atoms with van der Waals surface area (Å²) in [6.45, 7) is 5.16. The molecule has 160 valence electrons. The van der Waals surface area contributed by atoms with Gasteiger partial charge in [0.1, 0.15) is 11.6 Å². The molecule has 0 amide bonds. The Labute approximate surface area is 181 Å². The fraction of sp³-hybridized carbons (Fsp3) is 0.381. The Hall–Kier alpha value is -2.20. The van der Waals surface area contributed by atoms with Gasteiger partial charge in [-0.05, 0) is 42.2 Å². The minimum atomic E-state index is -3.64. The number of sulfonamides is 1. The molecule has 1 aromatic heterocycles. The number of rotatable bonds is 7. The van der Waals surface area contributed by atoms with Crippen LogP contribution in [0.15, 0.2) is 53.4 Å². The van der Waals surface area contributed by atoms with E-state index in [-0.39, 0.29) is 11.1 Å². The molecule has 9 heteroatoms. The first kappa shape index (κ1) is 21.0. The average Bonchev–Trinajstić information content (AvgIpc) is 3.22. The van der Waals surface area contributed by atoms with Gasteiger partial charge in [0.25, 0.3) is 0 Å². The smallest absolute Gasteiger partial charge is 0.242 e. The second-order valence-electron chi connectivity index (χ2n) is 7.25. The van der Waals surface area contributed by atoms with E-state index in [1.54, 1.807) is 24.3 Å². The lowest BCUT2D eigenvalue weighted by molar-refractivity contribution is 0.170. The van der Waals surface area contributed by atoms with Crippen molar-refractivity contribution < 1.29 is 13.2 Å². The van der Waals surface area contributed by atoms with Gasteiger partial charge < -0.3 is 9.64 Å². The number of fused-ring (bicyclic) bond motifs is 1. The molecule has 1 unspecified atom stereocenters. The van der Waals surface area contributed by atoms with Crippen LogP contribution >= 0.6 is 11.5 Å². The molecule has 1 N–H and O–H groups in total. The first-order chi connectivity index (χ1) is 14.5. The molecule has 7 nitrogen and oxygen atoms in total. The second kappa shape index (κ2) is 8.89. The van der Waals surface area contributed by atoms with Gasteiger partial charge in [0.05, 0.1) is 22.9 Å². The fourth-order valence-electron chi connectivity index (χ4n) is 3.78. The molecule has 0 aliphatic carbocycles. The molecule has 3 aromatic rings. The maximum atomic E-state index is 12.9. The van der Waals surface area contributed by atoms with E-state index >= 15 is 0 Å². The van der Waals surface area contributed by atoms with Crippen molar-refractivity contribution in [3.8, 4) is 5.75 Å². The number of methoxy groups -OCH3 is 1. The minimum Gasteiger partial charge on any atom is -0.497 e. The maximum Gasteiger partial charge on any atom is 0.242 e. The van der Waals surface area contributed by atoms with Crippen LogP contribution in [-0.2, 0) is 10.0 Å². The van der Waals surface area contributed by atoms with Crippen LogP contribution in [0.4, 0.5) is 5.82 Å². The number of ether oxygens (including phenoxy) is 1. The van der Waals surface area contributed by atoms with Crippen molar-refractivity contribution in [2.75, 3.05) is 38.2 Å². The maximum absolute atomic E-state index is 12.9. The molecule has 2 heterocycles. The average molecular weight is 447 g/mol. The fourth-order valence-corrected chi connectivity index (χ4v) is 5.91. The lowest BCUT2D eigenvalue weighted by Crippen LogP contribution is -2.55. The highest BCUT2D eigenvalue weighted by Crippen LogP contribution is 2.30. The lowest BCUT2D eigenvalue weighted by Gasteiger charge is -2.39. The number of hydrogen-bond donors (Lipinski definition) is 1. The quantitative estimate of drug-likeness (QED) is 0.601. The molecular formula is C21H26N4O3S2. The summed E-state index contributed by atoms with van der Waals surface area (Å²) in [5, 5.41) is 1.18. The second-order valence-corrected chi connectivity index (χ2v) is 9.77. The van der Waals surface area contributed by atoms with Crippen molar-refractivity contribution in [1.82, 2.24) is 14.0 Å². The van der Waals surface area contributed by atoms with E-state index in [0.29, 0.717) is 12.2 Å². The Bertz CT molecular complexity index is 1110. The van der Waals surface area contributed by atoms with Crippen molar-refractivity contribution in [2.24, 2.45) is 0 Å². The summed E-state index contributed by atoms with van der Waals surface area (Å²) in [5.41, 5.74) is 0.